The van der Waals surface area contributed by atoms with Gasteiger partial charge in [-0.1, -0.05) is 26.0 Å². The fourth-order valence-corrected chi connectivity index (χ4v) is 0.902. The molecule has 0 heterocycles. The van der Waals surface area contributed by atoms with Gasteiger partial charge in [0, 0.05) is 6.42 Å². The quantitative estimate of drug-likeness (QED) is 0.622. The van der Waals surface area contributed by atoms with Crippen molar-refractivity contribution in [1.82, 2.24) is 0 Å². The second-order valence-corrected chi connectivity index (χ2v) is 3.58. The van der Waals surface area contributed by atoms with Crippen LogP contribution in [0.3, 0.4) is 0 Å². The van der Waals surface area contributed by atoms with Crippen LogP contribution in [-0.2, 0) is 4.79 Å². The number of hydrogen-bond acceptors (Lipinski definition) is 1. The van der Waals surface area contributed by atoms with Crippen LogP contribution in [0, 0.1) is 5.92 Å². The molecule has 0 radical (unpaired) electrons. The predicted molar refractivity (Wildman–Crippen MR) is 50.1 cm³/mol. The zero-order valence-electron chi connectivity index (χ0n) is 7.97. The van der Waals surface area contributed by atoms with E-state index in [-0.39, 0.29) is 6.42 Å². The highest BCUT2D eigenvalue weighted by atomic mass is 16.4. The lowest BCUT2D eigenvalue weighted by Gasteiger charge is -2.05. The van der Waals surface area contributed by atoms with Crippen molar-refractivity contribution in [2.75, 3.05) is 0 Å². The smallest absolute Gasteiger partial charge is 0.303 e. The lowest BCUT2D eigenvalue weighted by Crippen LogP contribution is -1.96. The highest BCUT2D eigenvalue weighted by molar-refractivity contribution is 5.66. The van der Waals surface area contributed by atoms with Crippen molar-refractivity contribution in [3.8, 4) is 0 Å². The average Bonchev–Trinajstić information content (AvgIpc) is 1.96. The Morgan fingerprint density at radius 2 is 1.92 bits per heavy atom. The second kappa shape index (κ2) is 5.81. The van der Waals surface area contributed by atoms with Gasteiger partial charge in [-0.2, -0.15) is 0 Å². The molecule has 0 bridgehead atoms. The maximum atomic E-state index is 10.2. The first-order valence-electron chi connectivity index (χ1n) is 4.40. The van der Waals surface area contributed by atoms with Gasteiger partial charge in [0.15, 0.2) is 0 Å². The number of carboxylic acid groups (broad SMARTS) is 1. The van der Waals surface area contributed by atoms with Gasteiger partial charge in [0.2, 0.25) is 0 Å². The Morgan fingerprint density at radius 3 is 2.33 bits per heavy atom. The van der Waals surface area contributed by atoms with Crippen molar-refractivity contribution in [3.63, 3.8) is 0 Å². The summed E-state index contributed by atoms with van der Waals surface area (Å²) in [5.74, 6) is -0.0627. The van der Waals surface area contributed by atoms with Gasteiger partial charge in [0.05, 0.1) is 0 Å². The minimum atomic E-state index is -0.735. The molecule has 0 aliphatic heterocycles. The van der Waals surface area contributed by atoms with Crippen molar-refractivity contribution < 1.29 is 9.90 Å². The van der Waals surface area contributed by atoms with E-state index in [9.17, 15) is 4.79 Å². The van der Waals surface area contributed by atoms with Gasteiger partial charge in [0.1, 0.15) is 0 Å². The van der Waals surface area contributed by atoms with Gasteiger partial charge in [-0.3, -0.25) is 4.79 Å². The monoisotopic (exact) mass is 170 g/mol. The van der Waals surface area contributed by atoms with Crippen molar-refractivity contribution in [2.24, 2.45) is 5.92 Å². The van der Waals surface area contributed by atoms with Gasteiger partial charge in [0.25, 0.3) is 0 Å². The molecule has 12 heavy (non-hydrogen) atoms. The molecule has 2 heteroatoms. The highest BCUT2D eigenvalue weighted by Crippen LogP contribution is 2.13. The van der Waals surface area contributed by atoms with Crippen molar-refractivity contribution in [2.45, 2.75) is 39.5 Å². The van der Waals surface area contributed by atoms with Crippen LogP contribution in [-0.4, -0.2) is 11.1 Å². The molecule has 0 aromatic rings. The molecule has 0 spiro atoms. The topological polar surface area (TPSA) is 37.3 Å². The van der Waals surface area contributed by atoms with Crippen molar-refractivity contribution in [1.29, 1.82) is 0 Å². The maximum Gasteiger partial charge on any atom is 0.303 e. The van der Waals surface area contributed by atoms with E-state index in [1.165, 1.54) is 0 Å². The molecular formula is C10H18O2. The molecule has 0 aliphatic rings. The summed E-state index contributed by atoms with van der Waals surface area (Å²) in [4.78, 5) is 10.2. The van der Waals surface area contributed by atoms with Gasteiger partial charge in [-0.15, -0.1) is 0 Å². The van der Waals surface area contributed by atoms with Gasteiger partial charge < -0.3 is 5.11 Å². The number of aliphatic carboxylic acids is 1. The zero-order chi connectivity index (χ0) is 9.56. The van der Waals surface area contributed by atoms with Crippen LogP contribution < -0.4 is 0 Å². The molecule has 0 amide bonds. The van der Waals surface area contributed by atoms with Crippen LogP contribution in [0.2, 0.25) is 0 Å². The Morgan fingerprint density at radius 1 is 1.33 bits per heavy atom. The Labute approximate surface area is 74.3 Å². The van der Waals surface area contributed by atoms with E-state index in [4.69, 9.17) is 5.11 Å². The van der Waals surface area contributed by atoms with Crippen molar-refractivity contribution >= 4 is 5.97 Å². The summed E-state index contributed by atoms with van der Waals surface area (Å²) < 4.78 is 0. The van der Waals surface area contributed by atoms with E-state index in [0.717, 1.165) is 18.4 Å². The lowest BCUT2D eigenvalue weighted by molar-refractivity contribution is -0.136. The number of rotatable bonds is 6. The van der Waals surface area contributed by atoms with Crippen LogP contribution in [0.5, 0.6) is 0 Å². The molecule has 0 unspecified atom stereocenters. The third-order valence-electron chi connectivity index (χ3n) is 1.77. The van der Waals surface area contributed by atoms with E-state index in [1.807, 2.05) is 0 Å². The fourth-order valence-electron chi connectivity index (χ4n) is 0.902. The normalized spacial score (nSPS) is 10.2. The van der Waals surface area contributed by atoms with E-state index in [0.29, 0.717) is 12.3 Å². The van der Waals surface area contributed by atoms with E-state index in [1.54, 1.807) is 0 Å². The molecule has 2 nitrogen and oxygen atoms in total. The van der Waals surface area contributed by atoms with Crippen LogP contribution in [0.4, 0.5) is 0 Å². The molecule has 0 saturated carbocycles. The first-order valence-corrected chi connectivity index (χ1v) is 4.40. The molecule has 0 atom stereocenters. The Bertz CT molecular complexity index is 159. The van der Waals surface area contributed by atoms with Gasteiger partial charge >= 0.3 is 5.97 Å². The minimum absolute atomic E-state index is 0.219. The summed E-state index contributed by atoms with van der Waals surface area (Å²) in [5, 5.41) is 8.40. The Hall–Kier alpha value is -0.790. The maximum absolute atomic E-state index is 10.2. The number of carboxylic acids is 1. The van der Waals surface area contributed by atoms with E-state index < -0.39 is 5.97 Å². The third kappa shape index (κ3) is 7.32. The van der Waals surface area contributed by atoms with E-state index in [2.05, 4.69) is 20.4 Å². The number of allylic oxidation sites excluding steroid dienone is 1. The first kappa shape index (κ1) is 11.2. The van der Waals surface area contributed by atoms with Crippen LogP contribution >= 0.6 is 0 Å². The SMILES string of the molecule is C=C(CCC(=O)O)CCC(C)C. The average molecular weight is 170 g/mol. The summed E-state index contributed by atoms with van der Waals surface area (Å²) in [6.45, 7) is 8.15. The fraction of sp³-hybridized carbons (Fsp3) is 0.700. The molecule has 0 saturated heterocycles. The summed E-state index contributed by atoms with van der Waals surface area (Å²) in [7, 11) is 0. The summed E-state index contributed by atoms with van der Waals surface area (Å²) >= 11 is 0. The summed E-state index contributed by atoms with van der Waals surface area (Å²) in [6, 6.07) is 0. The number of hydrogen-bond donors (Lipinski definition) is 1. The molecule has 70 valence electrons. The molecule has 0 aliphatic carbocycles. The molecule has 1 N–H and O–H groups in total. The first-order chi connectivity index (χ1) is 5.52. The molecular weight excluding hydrogens is 152 g/mol. The second-order valence-electron chi connectivity index (χ2n) is 3.58. The molecule has 0 aromatic heterocycles. The van der Waals surface area contributed by atoms with Crippen LogP contribution in [0.1, 0.15) is 39.5 Å². The Balaban J connectivity index is 3.40. The predicted octanol–water partition coefficient (Wildman–Crippen LogP) is 2.84. The van der Waals surface area contributed by atoms with Crippen LogP contribution in [0.25, 0.3) is 0 Å². The van der Waals surface area contributed by atoms with Gasteiger partial charge in [-0.25, -0.2) is 0 Å². The zero-order valence-corrected chi connectivity index (χ0v) is 7.97. The summed E-state index contributed by atoms with van der Waals surface area (Å²) in [5.41, 5.74) is 1.06. The Kier molecular flexibility index (Phi) is 5.43. The third-order valence-corrected chi connectivity index (χ3v) is 1.77. The van der Waals surface area contributed by atoms with Crippen molar-refractivity contribution in [3.05, 3.63) is 12.2 Å². The largest absolute Gasteiger partial charge is 0.481 e. The molecule has 0 rings (SSSR count). The van der Waals surface area contributed by atoms with E-state index >= 15 is 0 Å². The lowest BCUT2D eigenvalue weighted by atomic mass is 10.0. The minimum Gasteiger partial charge on any atom is -0.481 e. The molecule has 0 aromatic carbocycles. The van der Waals surface area contributed by atoms with Crippen LogP contribution in [0.15, 0.2) is 12.2 Å². The number of carbonyl (C=O) groups is 1. The standard InChI is InChI=1S/C10H18O2/c1-8(2)4-5-9(3)6-7-10(11)12/h8H,3-7H2,1-2H3,(H,11,12). The summed E-state index contributed by atoms with van der Waals surface area (Å²) in [6.07, 6.45) is 2.92. The van der Waals surface area contributed by atoms with Gasteiger partial charge in [-0.05, 0) is 25.2 Å². The highest BCUT2D eigenvalue weighted by Gasteiger charge is 2.01. The molecule has 0 fully saturated rings.